The molecule has 2 aromatic rings. The predicted molar refractivity (Wildman–Crippen MR) is 95.0 cm³/mol. The Morgan fingerprint density at radius 1 is 0.923 bits per heavy atom. The second-order valence-electron chi connectivity index (χ2n) is 7.39. The summed E-state index contributed by atoms with van der Waals surface area (Å²) in [6.45, 7) is 0.700. The van der Waals surface area contributed by atoms with Crippen molar-refractivity contribution in [3.8, 4) is 16.9 Å². The number of benzene rings is 2. The first kappa shape index (κ1) is 17.4. The van der Waals surface area contributed by atoms with E-state index in [0.717, 1.165) is 41.9 Å². The quantitative estimate of drug-likeness (QED) is 0.800. The Hall–Kier alpha value is -2.01. The standard InChI is InChI=1S/C21H22F3NO/c22-21(23,24)17-6-4-15(5-7-17)16-2-1-3-20(12-16)26-13-14-10-18-8-9-19(11-14)25-18/h1-7,12,14,18-19,25H,8-11,13H2/t14?,18-,19+. The van der Waals surface area contributed by atoms with E-state index in [0.29, 0.717) is 24.6 Å². The molecule has 2 aliphatic heterocycles. The summed E-state index contributed by atoms with van der Waals surface area (Å²) in [4.78, 5) is 0. The van der Waals surface area contributed by atoms with Crippen molar-refractivity contribution < 1.29 is 17.9 Å². The van der Waals surface area contributed by atoms with Gasteiger partial charge in [0.05, 0.1) is 12.2 Å². The topological polar surface area (TPSA) is 21.3 Å². The normalized spacial score (nSPS) is 25.3. The molecule has 1 N–H and O–H groups in total. The van der Waals surface area contributed by atoms with Gasteiger partial charge in [0.1, 0.15) is 5.75 Å². The first-order chi connectivity index (χ1) is 12.5. The third-order valence-electron chi connectivity index (χ3n) is 5.44. The minimum Gasteiger partial charge on any atom is -0.493 e. The van der Waals surface area contributed by atoms with E-state index in [-0.39, 0.29) is 0 Å². The Kier molecular flexibility index (Phi) is 4.65. The number of alkyl halides is 3. The van der Waals surface area contributed by atoms with Crippen LogP contribution < -0.4 is 10.1 Å². The molecular formula is C21H22F3NO. The van der Waals surface area contributed by atoms with Gasteiger partial charge in [-0.15, -0.1) is 0 Å². The Balaban J connectivity index is 1.41. The van der Waals surface area contributed by atoms with Gasteiger partial charge in [0.2, 0.25) is 0 Å². The minimum atomic E-state index is -4.31. The summed E-state index contributed by atoms with van der Waals surface area (Å²) in [5.74, 6) is 1.34. The maximum absolute atomic E-state index is 12.7. The highest BCUT2D eigenvalue weighted by molar-refractivity contribution is 5.65. The van der Waals surface area contributed by atoms with E-state index in [1.807, 2.05) is 24.3 Å². The Morgan fingerprint density at radius 2 is 1.62 bits per heavy atom. The fourth-order valence-corrected chi connectivity index (χ4v) is 4.14. The number of hydrogen-bond donors (Lipinski definition) is 1. The lowest BCUT2D eigenvalue weighted by molar-refractivity contribution is -0.137. The van der Waals surface area contributed by atoms with Crippen LogP contribution in [0.25, 0.3) is 11.1 Å². The highest BCUT2D eigenvalue weighted by Gasteiger charge is 2.33. The molecule has 138 valence electrons. The van der Waals surface area contributed by atoms with Crippen LogP contribution in [0, 0.1) is 5.92 Å². The first-order valence-corrected chi connectivity index (χ1v) is 9.14. The van der Waals surface area contributed by atoms with Gasteiger partial charge >= 0.3 is 6.18 Å². The summed E-state index contributed by atoms with van der Waals surface area (Å²) in [6.07, 6.45) is 0.553. The van der Waals surface area contributed by atoms with Gasteiger partial charge in [-0.2, -0.15) is 13.2 Å². The molecule has 1 unspecified atom stereocenters. The van der Waals surface area contributed by atoms with Crippen LogP contribution in [0.5, 0.6) is 5.75 Å². The Labute approximate surface area is 151 Å². The summed E-state index contributed by atoms with van der Waals surface area (Å²) in [6, 6.07) is 14.1. The highest BCUT2D eigenvalue weighted by atomic mass is 19.4. The second-order valence-corrected chi connectivity index (χ2v) is 7.39. The van der Waals surface area contributed by atoms with Gasteiger partial charge in [0.25, 0.3) is 0 Å². The maximum Gasteiger partial charge on any atom is 0.416 e. The lowest BCUT2D eigenvalue weighted by atomic mass is 9.93. The number of hydrogen-bond acceptors (Lipinski definition) is 2. The van der Waals surface area contributed by atoms with Crippen LogP contribution in [0.3, 0.4) is 0 Å². The molecule has 4 rings (SSSR count). The van der Waals surface area contributed by atoms with Crippen molar-refractivity contribution in [2.45, 2.75) is 43.9 Å². The number of fused-ring (bicyclic) bond motifs is 2. The van der Waals surface area contributed by atoms with E-state index in [1.54, 1.807) is 0 Å². The van der Waals surface area contributed by atoms with Gasteiger partial charge in [-0.3, -0.25) is 0 Å². The molecule has 2 aromatic carbocycles. The van der Waals surface area contributed by atoms with Gasteiger partial charge in [0, 0.05) is 12.1 Å². The van der Waals surface area contributed by atoms with E-state index in [4.69, 9.17) is 4.74 Å². The first-order valence-electron chi connectivity index (χ1n) is 9.14. The summed E-state index contributed by atoms with van der Waals surface area (Å²) in [7, 11) is 0. The molecular weight excluding hydrogens is 339 g/mol. The van der Waals surface area contributed by atoms with Gasteiger partial charge in [0.15, 0.2) is 0 Å². The van der Waals surface area contributed by atoms with Crippen LogP contribution in [0.15, 0.2) is 48.5 Å². The molecule has 26 heavy (non-hydrogen) atoms. The molecule has 2 heterocycles. The van der Waals surface area contributed by atoms with E-state index < -0.39 is 11.7 Å². The smallest absolute Gasteiger partial charge is 0.416 e. The molecule has 3 atom stereocenters. The third kappa shape index (κ3) is 3.88. The molecule has 0 amide bonds. The molecule has 0 aromatic heterocycles. The van der Waals surface area contributed by atoms with Gasteiger partial charge in [-0.05, 0) is 67.0 Å². The maximum atomic E-state index is 12.7. The molecule has 2 nitrogen and oxygen atoms in total. The SMILES string of the molecule is FC(F)(F)c1ccc(-c2cccc(OCC3C[C@H]4CC[C@@H](C3)N4)c2)cc1. The predicted octanol–water partition coefficient (Wildman–Crippen LogP) is 5.28. The molecule has 0 aliphatic carbocycles. The zero-order chi connectivity index (χ0) is 18.1. The lowest BCUT2D eigenvalue weighted by Gasteiger charge is -2.28. The van der Waals surface area contributed by atoms with Crippen LogP contribution in [-0.2, 0) is 6.18 Å². The number of ether oxygens (including phenoxy) is 1. The fourth-order valence-electron chi connectivity index (χ4n) is 4.14. The van der Waals surface area contributed by atoms with Crippen molar-refractivity contribution in [2.24, 2.45) is 5.92 Å². The third-order valence-corrected chi connectivity index (χ3v) is 5.44. The lowest BCUT2D eigenvalue weighted by Crippen LogP contribution is -2.39. The van der Waals surface area contributed by atoms with Crippen LogP contribution in [0.1, 0.15) is 31.2 Å². The molecule has 2 bridgehead atoms. The van der Waals surface area contributed by atoms with E-state index in [1.165, 1.54) is 25.0 Å². The van der Waals surface area contributed by atoms with Crippen molar-refractivity contribution in [3.05, 3.63) is 54.1 Å². The molecule has 2 fully saturated rings. The molecule has 2 saturated heterocycles. The minimum absolute atomic E-state index is 0.573. The Morgan fingerprint density at radius 3 is 2.27 bits per heavy atom. The fraction of sp³-hybridized carbons (Fsp3) is 0.429. The number of piperidine rings is 1. The molecule has 0 spiro atoms. The summed E-state index contributed by atoms with van der Waals surface area (Å²) < 4.78 is 44.1. The van der Waals surface area contributed by atoms with Gasteiger partial charge in [-0.25, -0.2) is 0 Å². The molecule has 0 saturated carbocycles. The zero-order valence-electron chi connectivity index (χ0n) is 14.4. The van der Waals surface area contributed by atoms with Crippen LogP contribution in [0.4, 0.5) is 13.2 Å². The van der Waals surface area contributed by atoms with Crippen molar-refractivity contribution in [3.63, 3.8) is 0 Å². The number of nitrogens with one attached hydrogen (secondary N) is 1. The van der Waals surface area contributed by atoms with E-state index in [9.17, 15) is 13.2 Å². The van der Waals surface area contributed by atoms with Crippen LogP contribution in [-0.4, -0.2) is 18.7 Å². The van der Waals surface area contributed by atoms with Gasteiger partial charge < -0.3 is 10.1 Å². The van der Waals surface area contributed by atoms with Crippen molar-refractivity contribution in [1.29, 1.82) is 0 Å². The average Bonchev–Trinajstić information content (AvgIpc) is 2.98. The molecule has 5 heteroatoms. The van der Waals surface area contributed by atoms with E-state index in [2.05, 4.69) is 5.32 Å². The Bertz CT molecular complexity index is 745. The van der Waals surface area contributed by atoms with E-state index >= 15 is 0 Å². The van der Waals surface area contributed by atoms with Crippen molar-refractivity contribution in [2.75, 3.05) is 6.61 Å². The van der Waals surface area contributed by atoms with Crippen molar-refractivity contribution >= 4 is 0 Å². The molecule has 0 radical (unpaired) electrons. The second kappa shape index (κ2) is 6.95. The largest absolute Gasteiger partial charge is 0.493 e. The number of halogens is 3. The van der Waals surface area contributed by atoms with Crippen molar-refractivity contribution in [1.82, 2.24) is 5.32 Å². The molecule has 2 aliphatic rings. The number of rotatable bonds is 4. The highest BCUT2D eigenvalue weighted by Crippen LogP contribution is 2.33. The van der Waals surface area contributed by atoms with Crippen LogP contribution >= 0.6 is 0 Å². The van der Waals surface area contributed by atoms with Crippen LogP contribution in [0.2, 0.25) is 0 Å². The average molecular weight is 361 g/mol. The summed E-state index contributed by atoms with van der Waals surface area (Å²) >= 11 is 0. The monoisotopic (exact) mass is 361 g/mol. The zero-order valence-corrected chi connectivity index (χ0v) is 14.4. The summed E-state index contributed by atoms with van der Waals surface area (Å²) in [5, 5.41) is 3.63. The summed E-state index contributed by atoms with van der Waals surface area (Å²) in [5.41, 5.74) is 0.985. The van der Waals surface area contributed by atoms with Gasteiger partial charge in [-0.1, -0.05) is 24.3 Å².